The molecule has 1 amide bonds. The molecule has 0 saturated heterocycles. The Hall–Kier alpha value is -1.07. The normalized spacial score (nSPS) is 10.6. The Labute approximate surface area is 129 Å². The van der Waals surface area contributed by atoms with E-state index in [1.54, 1.807) is 0 Å². The molecule has 0 aromatic heterocycles. The standard InChI is InChI=1S/C15H22BrNO3/c1-12(2)7-9-19-10-8-17-15(18)11-20-14-6-4-3-5-13(14)16/h3-6,12H,7-11H2,1-2H3,(H,17,18). The summed E-state index contributed by atoms with van der Waals surface area (Å²) < 4.78 is 11.7. The van der Waals surface area contributed by atoms with Crippen molar-refractivity contribution in [1.29, 1.82) is 0 Å². The Bertz CT molecular complexity index is 410. The summed E-state index contributed by atoms with van der Waals surface area (Å²) in [5.41, 5.74) is 0. The maximum absolute atomic E-state index is 11.6. The van der Waals surface area contributed by atoms with Crippen LogP contribution in [-0.2, 0) is 9.53 Å². The third-order valence-electron chi connectivity index (χ3n) is 2.60. The van der Waals surface area contributed by atoms with Gasteiger partial charge in [-0.25, -0.2) is 0 Å². The minimum Gasteiger partial charge on any atom is -0.483 e. The highest BCUT2D eigenvalue weighted by molar-refractivity contribution is 9.10. The van der Waals surface area contributed by atoms with E-state index in [1.165, 1.54) is 0 Å². The van der Waals surface area contributed by atoms with Crippen molar-refractivity contribution in [2.45, 2.75) is 20.3 Å². The van der Waals surface area contributed by atoms with E-state index in [0.717, 1.165) is 17.5 Å². The highest BCUT2D eigenvalue weighted by Gasteiger charge is 2.04. The van der Waals surface area contributed by atoms with Crippen molar-refractivity contribution in [3.8, 4) is 5.75 Å². The highest BCUT2D eigenvalue weighted by atomic mass is 79.9. The number of halogens is 1. The van der Waals surface area contributed by atoms with Crippen molar-refractivity contribution < 1.29 is 14.3 Å². The van der Waals surface area contributed by atoms with Crippen molar-refractivity contribution in [2.75, 3.05) is 26.4 Å². The van der Waals surface area contributed by atoms with Crippen LogP contribution in [0.25, 0.3) is 0 Å². The second-order valence-corrected chi connectivity index (χ2v) is 5.72. The zero-order chi connectivity index (χ0) is 14.8. The van der Waals surface area contributed by atoms with E-state index < -0.39 is 0 Å². The Kier molecular flexibility index (Phi) is 8.30. The molecule has 0 aliphatic heterocycles. The zero-order valence-electron chi connectivity index (χ0n) is 12.0. The van der Waals surface area contributed by atoms with Crippen molar-refractivity contribution >= 4 is 21.8 Å². The minimum absolute atomic E-state index is 0.00854. The van der Waals surface area contributed by atoms with Crippen LogP contribution in [0.1, 0.15) is 20.3 Å². The molecule has 5 heteroatoms. The van der Waals surface area contributed by atoms with Crippen LogP contribution in [0.4, 0.5) is 0 Å². The number of carbonyl (C=O) groups is 1. The van der Waals surface area contributed by atoms with E-state index in [2.05, 4.69) is 35.1 Å². The third kappa shape index (κ3) is 7.50. The Balaban J connectivity index is 2.08. The van der Waals surface area contributed by atoms with E-state index in [0.29, 0.717) is 24.8 Å². The van der Waals surface area contributed by atoms with Gasteiger partial charge in [-0.1, -0.05) is 26.0 Å². The lowest BCUT2D eigenvalue weighted by Crippen LogP contribution is -2.31. The number of benzene rings is 1. The summed E-state index contributed by atoms with van der Waals surface area (Å²) in [6, 6.07) is 7.44. The van der Waals surface area contributed by atoms with Gasteiger partial charge in [0.15, 0.2) is 6.61 Å². The van der Waals surface area contributed by atoms with Gasteiger partial charge in [0, 0.05) is 13.2 Å². The minimum atomic E-state index is -0.145. The number of rotatable bonds is 9. The number of hydrogen-bond acceptors (Lipinski definition) is 3. The molecule has 0 heterocycles. The summed E-state index contributed by atoms with van der Waals surface area (Å²) in [5, 5.41) is 2.76. The predicted octanol–water partition coefficient (Wildman–Crippen LogP) is 3.01. The zero-order valence-corrected chi connectivity index (χ0v) is 13.6. The van der Waals surface area contributed by atoms with Gasteiger partial charge >= 0.3 is 0 Å². The van der Waals surface area contributed by atoms with Crippen LogP contribution in [0.5, 0.6) is 5.75 Å². The second-order valence-electron chi connectivity index (χ2n) is 4.86. The third-order valence-corrected chi connectivity index (χ3v) is 3.26. The van der Waals surface area contributed by atoms with Crippen molar-refractivity contribution in [3.63, 3.8) is 0 Å². The van der Waals surface area contributed by atoms with Crippen LogP contribution < -0.4 is 10.1 Å². The summed E-state index contributed by atoms with van der Waals surface area (Å²) in [5.74, 6) is 1.16. The van der Waals surface area contributed by atoms with Crippen molar-refractivity contribution in [3.05, 3.63) is 28.7 Å². The van der Waals surface area contributed by atoms with Crippen molar-refractivity contribution in [2.24, 2.45) is 5.92 Å². The van der Waals surface area contributed by atoms with Crippen LogP contribution in [0.2, 0.25) is 0 Å². The van der Waals surface area contributed by atoms with Gasteiger partial charge in [-0.3, -0.25) is 4.79 Å². The molecule has 0 aliphatic carbocycles. The summed E-state index contributed by atoms with van der Waals surface area (Å²) in [6.45, 7) is 6.10. The number of nitrogens with one attached hydrogen (secondary N) is 1. The average molecular weight is 344 g/mol. The van der Waals surface area contributed by atoms with E-state index in [-0.39, 0.29) is 12.5 Å². The van der Waals surface area contributed by atoms with Gasteiger partial charge in [-0.15, -0.1) is 0 Å². The first-order valence-corrected chi connectivity index (χ1v) is 7.60. The smallest absolute Gasteiger partial charge is 0.258 e. The molecule has 112 valence electrons. The van der Waals surface area contributed by atoms with E-state index >= 15 is 0 Å². The van der Waals surface area contributed by atoms with E-state index in [9.17, 15) is 4.79 Å². The maximum atomic E-state index is 11.6. The van der Waals surface area contributed by atoms with Gasteiger partial charge in [0.2, 0.25) is 0 Å². The molecule has 0 atom stereocenters. The van der Waals surface area contributed by atoms with Crippen LogP contribution >= 0.6 is 15.9 Å². The van der Waals surface area contributed by atoms with E-state index in [4.69, 9.17) is 9.47 Å². The fraction of sp³-hybridized carbons (Fsp3) is 0.533. The summed E-state index contributed by atoms with van der Waals surface area (Å²) in [6.07, 6.45) is 1.04. The lowest BCUT2D eigenvalue weighted by molar-refractivity contribution is -0.123. The molecule has 0 aliphatic rings. The van der Waals surface area contributed by atoms with Crippen LogP contribution in [-0.4, -0.2) is 32.3 Å². The second kappa shape index (κ2) is 9.77. The maximum Gasteiger partial charge on any atom is 0.258 e. The molecule has 0 spiro atoms. The quantitative estimate of drug-likeness (QED) is 0.701. The number of amides is 1. The number of ether oxygens (including phenoxy) is 2. The van der Waals surface area contributed by atoms with Gasteiger partial charge < -0.3 is 14.8 Å². The van der Waals surface area contributed by atoms with Gasteiger partial charge in [-0.2, -0.15) is 0 Å². The molecule has 4 nitrogen and oxygen atoms in total. The van der Waals surface area contributed by atoms with Gasteiger partial charge in [0.05, 0.1) is 11.1 Å². The number of hydrogen-bond donors (Lipinski definition) is 1. The monoisotopic (exact) mass is 343 g/mol. The van der Waals surface area contributed by atoms with Gasteiger partial charge in [0.25, 0.3) is 5.91 Å². The SMILES string of the molecule is CC(C)CCOCCNC(=O)COc1ccccc1Br. The number of carbonyl (C=O) groups excluding carboxylic acids is 1. The largest absolute Gasteiger partial charge is 0.483 e. The molecule has 20 heavy (non-hydrogen) atoms. The lowest BCUT2D eigenvalue weighted by atomic mass is 10.1. The first-order valence-electron chi connectivity index (χ1n) is 6.81. The average Bonchev–Trinajstić information content (AvgIpc) is 2.41. The fourth-order valence-corrected chi connectivity index (χ4v) is 1.84. The van der Waals surface area contributed by atoms with Gasteiger partial charge in [0.1, 0.15) is 5.75 Å². The van der Waals surface area contributed by atoms with Crippen LogP contribution in [0.3, 0.4) is 0 Å². The highest BCUT2D eigenvalue weighted by Crippen LogP contribution is 2.23. The predicted molar refractivity (Wildman–Crippen MR) is 82.9 cm³/mol. The Morgan fingerprint density at radius 2 is 2.05 bits per heavy atom. The molecule has 0 unspecified atom stereocenters. The van der Waals surface area contributed by atoms with Gasteiger partial charge in [-0.05, 0) is 40.4 Å². The lowest BCUT2D eigenvalue weighted by Gasteiger charge is -2.09. The molecule has 1 aromatic carbocycles. The van der Waals surface area contributed by atoms with Crippen LogP contribution in [0.15, 0.2) is 28.7 Å². The molecule has 0 radical (unpaired) electrons. The molecule has 1 aromatic rings. The summed E-state index contributed by atoms with van der Waals surface area (Å²) in [7, 11) is 0. The van der Waals surface area contributed by atoms with Crippen LogP contribution in [0, 0.1) is 5.92 Å². The topological polar surface area (TPSA) is 47.6 Å². The molecule has 0 fully saturated rings. The molecule has 1 rings (SSSR count). The first-order chi connectivity index (χ1) is 9.59. The summed E-state index contributed by atoms with van der Waals surface area (Å²) in [4.78, 5) is 11.6. The fourth-order valence-electron chi connectivity index (χ4n) is 1.44. The molecular weight excluding hydrogens is 322 g/mol. The molecule has 1 N–H and O–H groups in total. The first kappa shape index (κ1) is 17.0. The van der Waals surface area contributed by atoms with E-state index in [1.807, 2.05) is 24.3 Å². The Morgan fingerprint density at radius 1 is 1.30 bits per heavy atom. The molecular formula is C15H22BrNO3. The molecule has 0 saturated carbocycles. The number of para-hydroxylation sites is 1. The van der Waals surface area contributed by atoms with Crippen molar-refractivity contribution in [1.82, 2.24) is 5.32 Å². The molecule has 0 bridgehead atoms. The summed E-state index contributed by atoms with van der Waals surface area (Å²) >= 11 is 3.36. The Morgan fingerprint density at radius 3 is 2.75 bits per heavy atom.